The fourth-order valence-electron chi connectivity index (χ4n) is 2.40. The summed E-state index contributed by atoms with van der Waals surface area (Å²) in [4.78, 5) is 11.7. The summed E-state index contributed by atoms with van der Waals surface area (Å²) in [5, 5.41) is 0. The topological polar surface area (TPSA) is 52.3 Å². The first kappa shape index (κ1) is 13.5. The van der Waals surface area contributed by atoms with Crippen LogP contribution in [0.3, 0.4) is 0 Å². The second-order valence-corrected chi connectivity index (χ2v) is 5.86. The Kier molecular flexibility index (Phi) is 4.36. The highest BCUT2D eigenvalue weighted by molar-refractivity contribution is 5.72. The molecule has 0 amide bonds. The van der Waals surface area contributed by atoms with Gasteiger partial charge in [0, 0.05) is 5.54 Å². The Morgan fingerprint density at radius 2 is 1.75 bits per heavy atom. The van der Waals surface area contributed by atoms with Gasteiger partial charge in [-0.25, -0.2) is 0 Å². The Morgan fingerprint density at radius 1 is 1.25 bits per heavy atom. The molecule has 0 aromatic rings. The van der Waals surface area contributed by atoms with E-state index in [1.54, 1.807) is 0 Å². The Balaban J connectivity index is 2.40. The lowest BCUT2D eigenvalue weighted by atomic mass is 9.74. The van der Waals surface area contributed by atoms with E-state index in [9.17, 15) is 4.79 Å². The monoisotopic (exact) mass is 227 g/mol. The Bertz CT molecular complexity index is 235. The van der Waals surface area contributed by atoms with Crippen LogP contribution in [0.1, 0.15) is 53.4 Å². The van der Waals surface area contributed by atoms with Gasteiger partial charge < -0.3 is 10.5 Å². The summed E-state index contributed by atoms with van der Waals surface area (Å²) in [6, 6.07) is 0. The van der Waals surface area contributed by atoms with Gasteiger partial charge in [-0.2, -0.15) is 0 Å². The van der Waals surface area contributed by atoms with Crippen LogP contribution in [0, 0.1) is 11.8 Å². The summed E-state index contributed by atoms with van der Waals surface area (Å²) >= 11 is 0. The average Bonchev–Trinajstić information content (AvgIpc) is 2.15. The molecule has 94 valence electrons. The third-order valence-corrected chi connectivity index (χ3v) is 3.46. The Labute approximate surface area is 98.7 Å². The molecule has 0 heterocycles. The van der Waals surface area contributed by atoms with Gasteiger partial charge in [-0.1, -0.05) is 0 Å². The van der Waals surface area contributed by atoms with E-state index in [0.717, 1.165) is 25.7 Å². The molecule has 1 saturated carbocycles. The summed E-state index contributed by atoms with van der Waals surface area (Å²) in [5.74, 6) is 0.611. The first-order chi connectivity index (χ1) is 7.30. The van der Waals surface area contributed by atoms with Crippen molar-refractivity contribution < 1.29 is 9.53 Å². The standard InChI is InChI=1S/C13H25NO2/c1-9(2)16-12(15)10-5-7-11(8-6-10)13(3,4)14/h9-11H,5-8,14H2,1-4H3. The normalized spacial score (nSPS) is 26.9. The van der Waals surface area contributed by atoms with E-state index in [1.165, 1.54) is 0 Å². The first-order valence-corrected chi connectivity index (χ1v) is 6.30. The van der Waals surface area contributed by atoms with Crippen LogP contribution in [-0.4, -0.2) is 17.6 Å². The number of nitrogens with two attached hydrogens (primary N) is 1. The van der Waals surface area contributed by atoms with Crippen LogP contribution in [0.5, 0.6) is 0 Å². The van der Waals surface area contributed by atoms with Crippen molar-refractivity contribution >= 4 is 5.97 Å². The first-order valence-electron chi connectivity index (χ1n) is 6.30. The molecule has 1 aliphatic carbocycles. The molecule has 3 heteroatoms. The zero-order valence-electron chi connectivity index (χ0n) is 11.0. The van der Waals surface area contributed by atoms with E-state index in [1.807, 2.05) is 13.8 Å². The highest BCUT2D eigenvalue weighted by atomic mass is 16.5. The molecule has 0 spiro atoms. The van der Waals surface area contributed by atoms with Crippen molar-refractivity contribution in [1.82, 2.24) is 0 Å². The third-order valence-electron chi connectivity index (χ3n) is 3.46. The molecule has 0 aromatic heterocycles. The van der Waals surface area contributed by atoms with Gasteiger partial charge in [0.2, 0.25) is 0 Å². The van der Waals surface area contributed by atoms with Gasteiger partial charge in [-0.3, -0.25) is 4.79 Å². The minimum Gasteiger partial charge on any atom is -0.463 e. The number of rotatable bonds is 3. The number of carbonyl (C=O) groups excluding carboxylic acids is 1. The summed E-state index contributed by atoms with van der Waals surface area (Å²) in [6.07, 6.45) is 3.94. The molecule has 0 saturated heterocycles. The molecule has 16 heavy (non-hydrogen) atoms. The molecule has 2 N–H and O–H groups in total. The van der Waals surface area contributed by atoms with Crippen molar-refractivity contribution in [2.75, 3.05) is 0 Å². The summed E-state index contributed by atoms with van der Waals surface area (Å²) in [5.41, 5.74) is 5.98. The molecule has 0 aromatic carbocycles. The van der Waals surface area contributed by atoms with Crippen molar-refractivity contribution in [3.05, 3.63) is 0 Å². The van der Waals surface area contributed by atoms with Crippen LogP contribution in [0.4, 0.5) is 0 Å². The van der Waals surface area contributed by atoms with Crippen LogP contribution in [0.25, 0.3) is 0 Å². The molecular weight excluding hydrogens is 202 g/mol. The van der Waals surface area contributed by atoms with Gasteiger partial charge in [0.1, 0.15) is 0 Å². The van der Waals surface area contributed by atoms with Crippen molar-refractivity contribution in [1.29, 1.82) is 0 Å². The van der Waals surface area contributed by atoms with Crippen LogP contribution < -0.4 is 5.73 Å². The summed E-state index contributed by atoms with van der Waals surface area (Å²) < 4.78 is 5.24. The fraction of sp³-hybridized carbons (Fsp3) is 0.923. The molecule has 0 radical (unpaired) electrons. The van der Waals surface area contributed by atoms with Crippen molar-refractivity contribution in [3.63, 3.8) is 0 Å². The lowest BCUT2D eigenvalue weighted by Crippen LogP contribution is -2.43. The molecule has 1 aliphatic rings. The van der Waals surface area contributed by atoms with Crippen LogP contribution in [0.15, 0.2) is 0 Å². The van der Waals surface area contributed by atoms with Gasteiger partial charge in [-0.15, -0.1) is 0 Å². The number of esters is 1. The molecule has 0 atom stereocenters. The van der Waals surface area contributed by atoms with E-state index in [2.05, 4.69) is 13.8 Å². The summed E-state index contributed by atoms with van der Waals surface area (Å²) in [7, 11) is 0. The molecule has 0 unspecified atom stereocenters. The SMILES string of the molecule is CC(C)OC(=O)C1CCC(C(C)(C)N)CC1. The number of hydrogen-bond acceptors (Lipinski definition) is 3. The molecule has 1 fully saturated rings. The van der Waals surface area contributed by atoms with E-state index in [0.29, 0.717) is 5.92 Å². The molecule has 1 rings (SSSR count). The van der Waals surface area contributed by atoms with Gasteiger partial charge in [0.05, 0.1) is 12.0 Å². The van der Waals surface area contributed by atoms with Gasteiger partial charge >= 0.3 is 5.97 Å². The molecular formula is C13H25NO2. The second kappa shape index (κ2) is 5.17. The smallest absolute Gasteiger partial charge is 0.309 e. The summed E-state index contributed by atoms with van der Waals surface area (Å²) in [6.45, 7) is 7.94. The maximum Gasteiger partial charge on any atom is 0.309 e. The van der Waals surface area contributed by atoms with E-state index in [-0.39, 0.29) is 23.5 Å². The lowest BCUT2D eigenvalue weighted by Gasteiger charge is -2.36. The zero-order valence-corrected chi connectivity index (χ0v) is 11.0. The van der Waals surface area contributed by atoms with Gasteiger partial charge in [0.25, 0.3) is 0 Å². The van der Waals surface area contributed by atoms with Gasteiger partial charge in [-0.05, 0) is 59.3 Å². The molecule has 0 bridgehead atoms. The van der Waals surface area contributed by atoms with E-state index in [4.69, 9.17) is 10.5 Å². The largest absolute Gasteiger partial charge is 0.463 e. The molecule has 0 aliphatic heterocycles. The van der Waals surface area contributed by atoms with E-state index >= 15 is 0 Å². The van der Waals surface area contributed by atoms with Crippen LogP contribution in [0.2, 0.25) is 0 Å². The van der Waals surface area contributed by atoms with Crippen molar-refractivity contribution in [2.24, 2.45) is 17.6 Å². The lowest BCUT2D eigenvalue weighted by molar-refractivity contribution is -0.154. The highest BCUT2D eigenvalue weighted by Gasteiger charge is 2.33. The van der Waals surface area contributed by atoms with Gasteiger partial charge in [0.15, 0.2) is 0 Å². The Hall–Kier alpha value is -0.570. The van der Waals surface area contributed by atoms with Crippen molar-refractivity contribution in [2.45, 2.75) is 65.0 Å². The minimum atomic E-state index is -0.118. The van der Waals surface area contributed by atoms with E-state index < -0.39 is 0 Å². The zero-order chi connectivity index (χ0) is 12.3. The number of carbonyl (C=O) groups is 1. The maximum atomic E-state index is 11.7. The quantitative estimate of drug-likeness (QED) is 0.754. The average molecular weight is 227 g/mol. The maximum absolute atomic E-state index is 11.7. The predicted octanol–water partition coefficient (Wildman–Crippen LogP) is 2.48. The van der Waals surface area contributed by atoms with Crippen LogP contribution >= 0.6 is 0 Å². The highest BCUT2D eigenvalue weighted by Crippen LogP contribution is 2.34. The van der Waals surface area contributed by atoms with Crippen LogP contribution in [-0.2, 0) is 9.53 Å². The Morgan fingerprint density at radius 3 is 2.12 bits per heavy atom. The number of hydrogen-bond donors (Lipinski definition) is 1. The second-order valence-electron chi connectivity index (χ2n) is 5.86. The minimum absolute atomic E-state index is 0.00354. The predicted molar refractivity (Wildman–Crippen MR) is 64.9 cm³/mol. The fourth-order valence-corrected chi connectivity index (χ4v) is 2.40. The third kappa shape index (κ3) is 3.78. The van der Waals surface area contributed by atoms with Crippen molar-refractivity contribution in [3.8, 4) is 0 Å². The number of ether oxygens (including phenoxy) is 1. The molecule has 3 nitrogen and oxygen atoms in total.